The van der Waals surface area contributed by atoms with Gasteiger partial charge in [-0.2, -0.15) is 0 Å². The van der Waals surface area contributed by atoms with Crippen LogP contribution in [-0.4, -0.2) is 22.1 Å². The maximum absolute atomic E-state index is 11.9. The minimum absolute atomic E-state index is 0.126. The molecule has 0 radical (unpaired) electrons. The highest BCUT2D eigenvalue weighted by Gasteiger charge is 2.11. The number of carboxylic acids is 1. The van der Waals surface area contributed by atoms with Crippen molar-refractivity contribution in [2.75, 3.05) is 0 Å². The number of amides is 1. The highest BCUT2D eigenvalue weighted by molar-refractivity contribution is 6.30. The van der Waals surface area contributed by atoms with E-state index >= 15 is 0 Å². The van der Waals surface area contributed by atoms with Gasteiger partial charge in [-0.05, 0) is 35.9 Å². The van der Waals surface area contributed by atoms with Crippen molar-refractivity contribution in [3.8, 4) is 5.75 Å². The summed E-state index contributed by atoms with van der Waals surface area (Å²) in [6.07, 6.45) is 0. The number of hydrogen-bond acceptors (Lipinski definition) is 3. The molecule has 0 aliphatic carbocycles. The van der Waals surface area contributed by atoms with Gasteiger partial charge in [-0.15, -0.1) is 0 Å². The number of aromatic carboxylic acids is 1. The number of carbonyl (C=O) groups excluding carboxylic acids is 1. The van der Waals surface area contributed by atoms with E-state index in [9.17, 15) is 14.7 Å². The van der Waals surface area contributed by atoms with Crippen LogP contribution in [0.25, 0.3) is 0 Å². The lowest BCUT2D eigenvalue weighted by Crippen LogP contribution is -2.22. The predicted molar refractivity (Wildman–Crippen MR) is 77.7 cm³/mol. The summed E-state index contributed by atoms with van der Waals surface area (Å²) in [7, 11) is 0. The molecule has 0 bridgehead atoms. The topological polar surface area (TPSA) is 86.6 Å². The minimum atomic E-state index is -1.00. The number of hydrogen-bond donors (Lipinski definition) is 3. The number of benzene rings is 2. The quantitative estimate of drug-likeness (QED) is 0.810. The Morgan fingerprint density at radius 1 is 1.10 bits per heavy atom. The van der Waals surface area contributed by atoms with Crippen LogP contribution < -0.4 is 5.32 Å². The van der Waals surface area contributed by atoms with Gasteiger partial charge in [-0.25, -0.2) is 4.79 Å². The minimum Gasteiger partial charge on any atom is -0.507 e. The van der Waals surface area contributed by atoms with E-state index in [0.29, 0.717) is 5.02 Å². The van der Waals surface area contributed by atoms with Crippen LogP contribution in [0.15, 0.2) is 42.5 Å². The molecule has 0 saturated heterocycles. The monoisotopic (exact) mass is 305 g/mol. The number of aromatic hydroxyl groups is 1. The van der Waals surface area contributed by atoms with Gasteiger partial charge < -0.3 is 15.5 Å². The number of phenolic OH excluding ortho intramolecular Hbond substituents is 1. The first-order chi connectivity index (χ1) is 9.97. The summed E-state index contributed by atoms with van der Waals surface area (Å²) in [6, 6.07) is 10.4. The van der Waals surface area contributed by atoms with Crippen LogP contribution in [0.1, 0.15) is 26.3 Å². The average molecular weight is 306 g/mol. The molecule has 2 rings (SSSR count). The Balaban J connectivity index is 2.02. The summed E-state index contributed by atoms with van der Waals surface area (Å²) in [6.45, 7) is 0.223. The van der Waals surface area contributed by atoms with Gasteiger partial charge in [0.25, 0.3) is 5.91 Å². The molecule has 1 amide bonds. The van der Waals surface area contributed by atoms with Gasteiger partial charge in [0, 0.05) is 11.6 Å². The Labute approximate surface area is 125 Å². The van der Waals surface area contributed by atoms with Crippen molar-refractivity contribution in [2.45, 2.75) is 6.54 Å². The van der Waals surface area contributed by atoms with Gasteiger partial charge in [-0.1, -0.05) is 23.7 Å². The molecule has 0 aliphatic heterocycles. The molecule has 0 saturated carbocycles. The van der Waals surface area contributed by atoms with Gasteiger partial charge in [0.05, 0.1) is 11.1 Å². The molecule has 5 nitrogen and oxygen atoms in total. The van der Waals surface area contributed by atoms with Gasteiger partial charge >= 0.3 is 5.97 Å². The average Bonchev–Trinajstić information content (AvgIpc) is 2.45. The lowest BCUT2D eigenvalue weighted by molar-refractivity contribution is 0.0696. The predicted octanol–water partition coefficient (Wildman–Crippen LogP) is 2.67. The summed E-state index contributed by atoms with van der Waals surface area (Å²) < 4.78 is 0. The zero-order chi connectivity index (χ0) is 15.4. The molecule has 2 aromatic carbocycles. The second-order valence-corrected chi connectivity index (χ2v) is 4.78. The number of phenols is 1. The fraction of sp³-hybridized carbons (Fsp3) is 0.0667. The van der Waals surface area contributed by atoms with E-state index in [4.69, 9.17) is 16.7 Å². The molecule has 0 unspecified atom stereocenters. The van der Waals surface area contributed by atoms with Crippen LogP contribution in [0, 0.1) is 0 Å². The zero-order valence-corrected chi connectivity index (χ0v) is 11.6. The maximum atomic E-state index is 11.9. The number of halogens is 1. The van der Waals surface area contributed by atoms with Crippen LogP contribution in [0.2, 0.25) is 5.02 Å². The largest absolute Gasteiger partial charge is 0.507 e. The SMILES string of the molecule is O=C(O)c1ccc(CNC(=O)c2ccc(Cl)cc2O)cc1. The van der Waals surface area contributed by atoms with Crippen LogP contribution in [-0.2, 0) is 6.54 Å². The van der Waals surface area contributed by atoms with Crippen molar-refractivity contribution >= 4 is 23.5 Å². The van der Waals surface area contributed by atoms with Crippen molar-refractivity contribution in [2.24, 2.45) is 0 Å². The zero-order valence-electron chi connectivity index (χ0n) is 10.8. The van der Waals surface area contributed by atoms with Crippen molar-refractivity contribution in [3.05, 3.63) is 64.2 Å². The third-order valence-electron chi connectivity index (χ3n) is 2.86. The van der Waals surface area contributed by atoms with Crippen LogP contribution in [0.3, 0.4) is 0 Å². The molecule has 0 aromatic heterocycles. The van der Waals surface area contributed by atoms with Crippen LogP contribution in [0.5, 0.6) is 5.75 Å². The lowest BCUT2D eigenvalue weighted by atomic mass is 10.1. The molecule has 6 heteroatoms. The Hall–Kier alpha value is -2.53. The lowest BCUT2D eigenvalue weighted by Gasteiger charge is -2.07. The summed E-state index contributed by atoms with van der Waals surface area (Å²) in [5.41, 5.74) is 1.06. The molecule has 0 atom stereocenters. The number of carboxylic acid groups (broad SMARTS) is 1. The first kappa shape index (κ1) is 14.9. The third kappa shape index (κ3) is 3.73. The summed E-state index contributed by atoms with van der Waals surface area (Å²) in [4.78, 5) is 22.6. The highest BCUT2D eigenvalue weighted by Crippen LogP contribution is 2.21. The Morgan fingerprint density at radius 2 is 1.76 bits per heavy atom. The summed E-state index contributed by atoms with van der Waals surface area (Å²) >= 11 is 5.70. The van der Waals surface area contributed by atoms with E-state index in [0.717, 1.165) is 5.56 Å². The van der Waals surface area contributed by atoms with E-state index in [1.807, 2.05) is 0 Å². The van der Waals surface area contributed by atoms with E-state index in [2.05, 4.69) is 5.32 Å². The van der Waals surface area contributed by atoms with Crippen molar-refractivity contribution in [1.29, 1.82) is 0 Å². The molecule has 0 spiro atoms. The standard InChI is InChI=1S/C15H12ClNO4/c16-11-5-6-12(13(18)7-11)14(19)17-8-9-1-3-10(4-2-9)15(20)21/h1-7,18H,8H2,(H,17,19)(H,20,21). The Kier molecular flexibility index (Phi) is 4.45. The van der Waals surface area contributed by atoms with E-state index in [1.54, 1.807) is 12.1 Å². The van der Waals surface area contributed by atoms with Crippen molar-refractivity contribution in [3.63, 3.8) is 0 Å². The fourth-order valence-electron chi connectivity index (χ4n) is 1.74. The number of carbonyl (C=O) groups is 2. The second kappa shape index (κ2) is 6.28. The molecule has 21 heavy (non-hydrogen) atoms. The molecule has 3 N–H and O–H groups in total. The molecular weight excluding hydrogens is 294 g/mol. The van der Waals surface area contributed by atoms with Crippen molar-refractivity contribution in [1.82, 2.24) is 5.32 Å². The molecule has 0 aliphatic rings. The van der Waals surface area contributed by atoms with Crippen LogP contribution in [0.4, 0.5) is 0 Å². The Morgan fingerprint density at radius 3 is 2.33 bits per heavy atom. The van der Waals surface area contributed by atoms with E-state index in [1.165, 1.54) is 30.3 Å². The number of nitrogens with one attached hydrogen (secondary N) is 1. The van der Waals surface area contributed by atoms with Crippen molar-refractivity contribution < 1.29 is 19.8 Å². The molecule has 0 heterocycles. The van der Waals surface area contributed by atoms with Gasteiger partial charge in [0.2, 0.25) is 0 Å². The molecular formula is C15H12ClNO4. The highest BCUT2D eigenvalue weighted by atomic mass is 35.5. The molecule has 0 fully saturated rings. The first-order valence-corrected chi connectivity index (χ1v) is 6.44. The second-order valence-electron chi connectivity index (χ2n) is 4.35. The van der Waals surface area contributed by atoms with Crippen LogP contribution >= 0.6 is 11.6 Å². The third-order valence-corrected chi connectivity index (χ3v) is 3.09. The van der Waals surface area contributed by atoms with E-state index < -0.39 is 11.9 Å². The summed E-state index contributed by atoms with van der Waals surface area (Å²) in [5.74, 6) is -1.63. The fourth-order valence-corrected chi connectivity index (χ4v) is 1.91. The molecule has 108 valence electrons. The van der Waals surface area contributed by atoms with Gasteiger partial charge in [0.1, 0.15) is 5.75 Å². The first-order valence-electron chi connectivity index (χ1n) is 6.06. The van der Waals surface area contributed by atoms with Gasteiger partial charge in [-0.3, -0.25) is 4.79 Å². The molecule has 2 aromatic rings. The maximum Gasteiger partial charge on any atom is 0.335 e. The Bertz CT molecular complexity index is 683. The van der Waals surface area contributed by atoms with E-state index in [-0.39, 0.29) is 23.4 Å². The van der Waals surface area contributed by atoms with Gasteiger partial charge in [0.15, 0.2) is 0 Å². The summed E-state index contributed by atoms with van der Waals surface area (Å²) in [5, 5.41) is 21.4. The number of rotatable bonds is 4. The smallest absolute Gasteiger partial charge is 0.335 e. The normalized spacial score (nSPS) is 10.1.